The van der Waals surface area contributed by atoms with Crippen LogP contribution in [0.25, 0.3) is 0 Å². The quantitative estimate of drug-likeness (QED) is 0.868. The van der Waals surface area contributed by atoms with Gasteiger partial charge in [-0.25, -0.2) is 4.39 Å². The Morgan fingerprint density at radius 2 is 2.29 bits per heavy atom. The first kappa shape index (κ1) is 11.1. The summed E-state index contributed by atoms with van der Waals surface area (Å²) in [6.45, 7) is 0. The van der Waals surface area contributed by atoms with Gasteiger partial charge < -0.3 is 10.8 Å². The second-order valence-corrected chi connectivity index (χ2v) is 3.72. The lowest BCUT2D eigenvalue weighted by atomic mass is 10.1. The van der Waals surface area contributed by atoms with E-state index in [1.807, 2.05) is 0 Å². The minimum atomic E-state index is -1.13. The summed E-state index contributed by atoms with van der Waals surface area (Å²) in [7, 11) is 0. The van der Waals surface area contributed by atoms with Crippen LogP contribution in [0.4, 0.5) is 4.39 Å². The lowest BCUT2D eigenvalue weighted by Gasteiger charge is -2.07. The molecule has 0 saturated carbocycles. The summed E-state index contributed by atoms with van der Waals surface area (Å²) < 4.78 is 13.6. The van der Waals surface area contributed by atoms with E-state index in [1.165, 1.54) is 6.07 Å². The van der Waals surface area contributed by atoms with Crippen molar-refractivity contribution in [3.05, 3.63) is 34.1 Å². The third-order valence-corrected chi connectivity index (χ3v) is 2.40. The van der Waals surface area contributed by atoms with E-state index in [0.29, 0.717) is 10.0 Å². The number of rotatable bonds is 3. The van der Waals surface area contributed by atoms with E-state index in [9.17, 15) is 9.18 Å². The van der Waals surface area contributed by atoms with E-state index in [0.717, 1.165) is 0 Å². The van der Waals surface area contributed by atoms with Gasteiger partial charge in [-0.3, -0.25) is 4.79 Å². The molecule has 1 rings (SSSR count). The van der Waals surface area contributed by atoms with Crippen molar-refractivity contribution < 1.29 is 14.3 Å². The number of carbonyl (C=O) groups is 1. The van der Waals surface area contributed by atoms with E-state index in [4.69, 9.17) is 10.8 Å². The fourth-order valence-electron chi connectivity index (χ4n) is 1.03. The van der Waals surface area contributed by atoms with Gasteiger partial charge in [-0.15, -0.1) is 0 Å². The summed E-state index contributed by atoms with van der Waals surface area (Å²) in [6, 6.07) is 3.63. The molecular weight excluding hydrogens is 253 g/mol. The van der Waals surface area contributed by atoms with Gasteiger partial charge in [-0.05, 0) is 27.6 Å². The predicted octanol–water partition coefficient (Wildman–Crippen LogP) is 1.54. The Labute approximate surface area is 88.9 Å². The molecule has 0 fully saturated rings. The van der Waals surface area contributed by atoms with Crippen LogP contribution in [0, 0.1) is 5.82 Å². The molecule has 0 aliphatic heterocycles. The molecule has 0 unspecified atom stereocenters. The lowest BCUT2D eigenvalue weighted by molar-refractivity contribution is -0.138. The van der Waals surface area contributed by atoms with E-state index >= 15 is 0 Å². The number of carboxylic acids is 1. The normalized spacial score (nSPS) is 12.5. The Hall–Kier alpha value is -0.940. The summed E-state index contributed by atoms with van der Waals surface area (Å²) in [5.74, 6) is -1.59. The van der Waals surface area contributed by atoms with E-state index in [1.54, 1.807) is 12.1 Å². The maximum atomic E-state index is 13.3. The monoisotopic (exact) mass is 261 g/mol. The molecule has 5 heteroatoms. The first-order valence-electron chi connectivity index (χ1n) is 3.93. The van der Waals surface area contributed by atoms with Gasteiger partial charge in [0.05, 0.1) is 4.47 Å². The average molecular weight is 262 g/mol. The third kappa shape index (κ3) is 2.52. The highest BCUT2D eigenvalue weighted by molar-refractivity contribution is 9.10. The summed E-state index contributed by atoms with van der Waals surface area (Å²) in [5.41, 5.74) is 5.59. The van der Waals surface area contributed by atoms with Gasteiger partial charge in [0, 0.05) is 6.42 Å². The SMILES string of the molecule is N[C@H](Cc1cccc(Br)c1F)C(=O)O. The summed E-state index contributed by atoms with van der Waals surface area (Å²) >= 11 is 3.01. The molecule has 0 heterocycles. The molecule has 1 aromatic carbocycles. The smallest absolute Gasteiger partial charge is 0.320 e. The van der Waals surface area contributed by atoms with Crippen LogP contribution in [-0.4, -0.2) is 17.1 Å². The molecule has 0 aliphatic carbocycles. The first-order chi connectivity index (χ1) is 6.52. The van der Waals surface area contributed by atoms with E-state index in [-0.39, 0.29) is 6.42 Å². The zero-order valence-electron chi connectivity index (χ0n) is 7.21. The molecule has 0 aliphatic rings. The van der Waals surface area contributed by atoms with Gasteiger partial charge in [0.25, 0.3) is 0 Å². The average Bonchev–Trinajstić information content (AvgIpc) is 2.12. The fraction of sp³-hybridized carbons (Fsp3) is 0.222. The highest BCUT2D eigenvalue weighted by Gasteiger charge is 2.15. The number of carboxylic acid groups (broad SMARTS) is 1. The van der Waals surface area contributed by atoms with Crippen LogP contribution >= 0.6 is 15.9 Å². The van der Waals surface area contributed by atoms with Crippen molar-refractivity contribution in [2.24, 2.45) is 5.73 Å². The van der Waals surface area contributed by atoms with Crippen molar-refractivity contribution in [1.29, 1.82) is 0 Å². The maximum absolute atomic E-state index is 13.3. The second-order valence-electron chi connectivity index (χ2n) is 2.86. The van der Waals surface area contributed by atoms with Crippen LogP contribution in [0.2, 0.25) is 0 Å². The second kappa shape index (κ2) is 4.52. The van der Waals surface area contributed by atoms with Gasteiger partial charge in [-0.2, -0.15) is 0 Å². The lowest BCUT2D eigenvalue weighted by Crippen LogP contribution is -2.32. The molecule has 14 heavy (non-hydrogen) atoms. The Morgan fingerprint density at radius 1 is 1.64 bits per heavy atom. The standard InChI is InChI=1S/C9H9BrFNO2/c10-6-3-1-2-5(8(6)11)4-7(12)9(13)14/h1-3,7H,4,12H2,(H,13,14)/t7-/m1/s1. The van der Waals surface area contributed by atoms with Crippen molar-refractivity contribution in [3.63, 3.8) is 0 Å². The third-order valence-electron chi connectivity index (χ3n) is 1.79. The van der Waals surface area contributed by atoms with Crippen LogP contribution < -0.4 is 5.73 Å². The van der Waals surface area contributed by atoms with Gasteiger partial charge in [0.15, 0.2) is 0 Å². The van der Waals surface area contributed by atoms with Crippen LogP contribution in [0.5, 0.6) is 0 Å². The van der Waals surface area contributed by atoms with E-state index < -0.39 is 17.8 Å². The minimum absolute atomic E-state index is 0.0133. The Morgan fingerprint density at radius 3 is 2.86 bits per heavy atom. The van der Waals surface area contributed by atoms with Crippen molar-refractivity contribution in [3.8, 4) is 0 Å². The van der Waals surface area contributed by atoms with Crippen molar-refractivity contribution >= 4 is 21.9 Å². The van der Waals surface area contributed by atoms with Crippen molar-refractivity contribution in [1.82, 2.24) is 0 Å². The largest absolute Gasteiger partial charge is 0.480 e. The number of hydrogen-bond acceptors (Lipinski definition) is 2. The van der Waals surface area contributed by atoms with Crippen molar-refractivity contribution in [2.75, 3.05) is 0 Å². The molecule has 3 nitrogen and oxygen atoms in total. The van der Waals surface area contributed by atoms with Gasteiger partial charge in [-0.1, -0.05) is 12.1 Å². The van der Waals surface area contributed by atoms with E-state index in [2.05, 4.69) is 15.9 Å². The zero-order valence-corrected chi connectivity index (χ0v) is 8.79. The fourth-order valence-corrected chi connectivity index (χ4v) is 1.44. The zero-order chi connectivity index (χ0) is 10.7. The summed E-state index contributed by atoms with van der Waals surface area (Å²) in [4.78, 5) is 10.4. The molecule has 1 atom stereocenters. The number of halogens is 2. The summed E-state index contributed by atoms with van der Waals surface area (Å²) in [5, 5.41) is 8.54. The number of nitrogens with two attached hydrogens (primary N) is 1. The Bertz CT molecular complexity index is 357. The number of aliphatic carboxylic acids is 1. The number of hydrogen-bond donors (Lipinski definition) is 2. The van der Waals surface area contributed by atoms with Gasteiger partial charge >= 0.3 is 5.97 Å². The van der Waals surface area contributed by atoms with Crippen LogP contribution in [0.1, 0.15) is 5.56 Å². The van der Waals surface area contributed by atoms with Crippen LogP contribution in [0.3, 0.4) is 0 Å². The topological polar surface area (TPSA) is 63.3 Å². The maximum Gasteiger partial charge on any atom is 0.320 e. The molecule has 0 amide bonds. The minimum Gasteiger partial charge on any atom is -0.480 e. The Balaban J connectivity index is 2.87. The molecule has 3 N–H and O–H groups in total. The van der Waals surface area contributed by atoms with Gasteiger partial charge in [0.1, 0.15) is 11.9 Å². The van der Waals surface area contributed by atoms with Gasteiger partial charge in [0.2, 0.25) is 0 Å². The van der Waals surface area contributed by atoms with Crippen LogP contribution in [0.15, 0.2) is 22.7 Å². The van der Waals surface area contributed by atoms with Crippen molar-refractivity contribution in [2.45, 2.75) is 12.5 Å². The molecule has 76 valence electrons. The number of benzene rings is 1. The highest BCUT2D eigenvalue weighted by atomic mass is 79.9. The summed E-state index contributed by atoms with van der Waals surface area (Å²) in [6.07, 6.45) is -0.0133. The first-order valence-corrected chi connectivity index (χ1v) is 4.73. The molecule has 0 saturated heterocycles. The molecular formula is C9H9BrFNO2. The molecule has 0 aromatic heterocycles. The highest BCUT2D eigenvalue weighted by Crippen LogP contribution is 2.19. The molecule has 1 aromatic rings. The Kier molecular flexibility index (Phi) is 3.60. The molecule has 0 bridgehead atoms. The molecule has 0 radical (unpaired) electrons. The predicted molar refractivity (Wildman–Crippen MR) is 53.4 cm³/mol. The van der Waals surface area contributed by atoms with Crippen LogP contribution in [-0.2, 0) is 11.2 Å². The molecule has 0 spiro atoms.